The van der Waals surface area contributed by atoms with Crippen LogP contribution in [0.15, 0.2) is 23.1 Å². The average molecular weight is 282 g/mol. The topological polar surface area (TPSA) is 50.8 Å². The minimum atomic E-state index is -0.147. The molecule has 104 valence electrons. The van der Waals surface area contributed by atoms with Crippen LogP contribution in [-0.2, 0) is 4.74 Å². The second-order valence-corrected chi connectivity index (χ2v) is 4.99. The van der Waals surface area contributed by atoms with Crippen molar-refractivity contribution >= 4 is 17.7 Å². The van der Waals surface area contributed by atoms with Crippen LogP contribution in [0.3, 0.4) is 0 Å². The molecule has 5 nitrogen and oxygen atoms in total. The van der Waals surface area contributed by atoms with E-state index in [4.69, 9.17) is 9.47 Å². The number of hydrogen-bond acceptors (Lipinski definition) is 5. The number of rotatable bonds is 4. The van der Waals surface area contributed by atoms with E-state index in [1.165, 1.54) is 0 Å². The van der Waals surface area contributed by atoms with Gasteiger partial charge < -0.3 is 9.47 Å². The van der Waals surface area contributed by atoms with Crippen LogP contribution in [0, 0.1) is 0 Å². The van der Waals surface area contributed by atoms with E-state index in [2.05, 4.69) is 5.43 Å². The maximum absolute atomic E-state index is 12.2. The second kappa shape index (κ2) is 6.79. The quantitative estimate of drug-likeness (QED) is 0.846. The van der Waals surface area contributed by atoms with Crippen LogP contribution < -0.4 is 10.2 Å². The number of carbonyl (C=O) groups excluding carboxylic acids is 1. The van der Waals surface area contributed by atoms with Crippen molar-refractivity contribution in [1.82, 2.24) is 10.4 Å². The number of morpholine rings is 1. The van der Waals surface area contributed by atoms with Gasteiger partial charge in [0, 0.05) is 18.0 Å². The molecule has 0 spiro atoms. The van der Waals surface area contributed by atoms with Gasteiger partial charge in [0.05, 0.1) is 25.9 Å². The Labute approximate surface area is 117 Å². The van der Waals surface area contributed by atoms with Crippen molar-refractivity contribution in [2.24, 2.45) is 0 Å². The molecule has 2 rings (SSSR count). The Morgan fingerprint density at radius 1 is 1.42 bits per heavy atom. The number of hydrogen-bond donors (Lipinski definition) is 1. The standard InChI is InChI=1S/C13H18N2O3S/c1-17-12-9-10(19-2)3-4-11(12)13(16)14-15-5-7-18-8-6-15/h3-4,9H,5-8H2,1-2H3,(H,14,16). The van der Waals surface area contributed by atoms with E-state index >= 15 is 0 Å². The molecule has 1 aromatic rings. The van der Waals surface area contributed by atoms with Gasteiger partial charge in [-0.05, 0) is 24.5 Å². The number of benzene rings is 1. The first-order valence-corrected chi connectivity index (χ1v) is 7.33. The molecule has 1 N–H and O–H groups in total. The average Bonchev–Trinajstić information content (AvgIpc) is 2.47. The van der Waals surface area contributed by atoms with Gasteiger partial charge >= 0.3 is 0 Å². The summed E-state index contributed by atoms with van der Waals surface area (Å²) in [5.41, 5.74) is 3.42. The third-order valence-electron chi connectivity index (χ3n) is 2.92. The fourth-order valence-electron chi connectivity index (χ4n) is 1.87. The Hall–Kier alpha value is -1.24. The molecular formula is C13H18N2O3S. The lowest BCUT2D eigenvalue weighted by Gasteiger charge is -2.27. The lowest BCUT2D eigenvalue weighted by Crippen LogP contribution is -2.48. The van der Waals surface area contributed by atoms with Gasteiger partial charge in [0.1, 0.15) is 5.75 Å². The van der Waals surface area contributed by atoms with Crippen molar-refractivity contribution in [2.75, 3.05) is 39.7 Å². The molecule has 0 aromatic heterocycles. The first kappa shape index (κ1) is 14.2. The van der Waals surface area contributed by atoms with Gasteiger partial charge in [-0.25, -0.2) is 5.01 Å². The van der Waals surface area contributed by atoms with E-state index in [9.17, 15) is 4.79 Å². The maximum atomic E-state index is 12.2. The highest BCUT2D eigenvalue weighted by atomic mass is 32.2. The normalized spacial score (nSPS) is 16.1. The lowest BCUT2D eigenvalue weighted by molar-refractivity contribution is 0.0125. The number of methoxy groups -OCH3 is 1. The van der Waals surface area contributed by atoms with Crippen molar-refractivity contribution < 1.29 is 14.3 Å². The smallest absolute Gasteiger partial charge is 0.269 e. The van der Waals surface area contributed by atoms with Crippen molar-refractivity contribution in [3.63, 3.8) is 0 Å². The Morgan fingerprint density at radius 2 is 2.16 bits per heavy atom. The first-order valence-electron chi connectivity index (χ1n) is 6.10. The van der Waals surface area contributed by atoms with Gasteiger partial charge in [-0.2, -0.15) is 0 Å². The molecule has 1 aliphatic rings. The summed E-state index contributed by atoms with van der Waals surface area (Å²) in [5, 5.41) is 1.87. The molecule has 0 unspecified atom stereocenters. The van der Waals surface area contributed by atoms with Crippen molar-refractivity contribution in [2.45, 2.75) is 4.90 Å². The Bertz CT molecular complexity index is 448. The van der Waals surface area contributed by atoms with E-state index in [0.29, 0.717) is 37.6 Å². The van der Waals surface area contributed by atoms with E-state index in [-0.39, 0.29) is 5.91 Å². The highest BCUT2D eigenvalue weighted by molar-refractivity contribution is 7.98. The van der Waals surface area contributed by atoms with Gasteiger partial charge in [0.2, 0.25) is 0 Å². The fourth-order valence-corrected chi connectivity index (χ4v) is 2.29. The number of amides is 1. The van der Waals surface area contributed by atoms with Crippen LogP contribution >= 0.6 is 11.8 Å². The Balaban J connectivity index is 2.09. The molecule has 6 heteroatoms. The highest BCUT2D eigenvalue weighted by Gasteiger charge is 2.17. The van der Waals surface area contributed by atoms with E-state index in [1.807, 2.05) is 23.4 Å². The van der Waals surface area contributed by atoms with Gasteiger partial charge in [0.25, 0.3) is 5.91 Å². The summed E-state index contributed by atoms with van der Waals surface area (Å²) in [6.07, 6.45) is 1.99. The summed E-state index contributed by atoms with van der Waals surface area (Å²) >= 11 is 1.62. The third kappa shape index (κ3) is 3.62. The molecular weight excluding hydrogens is 264 g/mol. The highest BCUT2D eigenvalue weighted by Crippen LogP contribution is 2.25. The molecule has 0 aliphatic carbocycles. The largest absolute Gasteiger partial charge is 0.496 e. The molecule has 1 aliphatic heterocycles. The molecule has 0 atom stereocenters. The van der Waals surface area contributed by atoms with Gasteiger partial charge in [-0.15, -0.1) is 11.8 Å². The van der Waals surface area contributed by atoms with Crippen LogP contribution in [0.1, 0.15) is 10.4 Å². The number of nitrogens with one attached hydrogen (secondary N) is 1. The van der Waals surface area contributed by atoms with Crippen LogP contribution in [0.2, 0.25) is 0 Å². The minimum absolute atomic E-state index is 0.147. The summed E-state index contributed by atoms with van der Waals surface area (Å²) in [4.78, 5) is 13.3. The summed E-state index contributed by atoms with van der Waals surface area (Å²) < 4.78 is 10.5. The Kier molecular flexibility index (Phi) is 5.07. The number of thioether (sulfide) groups is 1. The van der Waals surface area contributed by atoms with Gasteiger partial charge in [-0.1, -0.05) is 0 Å². The monoisotopic (exact) mass is 282 g/mol. The molecule has 1 saturated heterocycles. The van der Waals surface area contributed by atoms with E-state index < -0.39 is 0 Å². The number of carbonyl (C=O) groups is 1. The molecule has 1 amide bonds. The predicted octanol–water partition coefficient (Wildman–Crippen LogP) is 1.39. The summed E-state index contributed by atoms with van der Waals surface area (Å²) in [6, 6.07) is 5.58. The van der Waals surface area contributed by atoms with E-state index in [1.54, 1.807) is 24.9 Å². The summed E-state index contributed by atoms with van der Waals surface area (Å²) in [7, 11) is 1.57. The Morgan fingerprint density at radius 3 is 2.79 bits per heavy atom. The molecule has 1 heterocycles. The van der Waals surface area contributed by atoms with Gasteiger partial charge in [0.15, 0.2) is 0 Å². The zero-order chi connectivity index (χ0) is 13.7. The summed E-state index contributed by atoms with van der Waals surface area (Å²) in [5.74, 6) is 0.448. The molecule has 1 fully saturated rings. The SMILES string of the molecule is COc1cc(SC)ccc1C(=O)NN1CCOCC1. The molecule has 0 radical (unpaired) electrons. The minimum Gasteiger partial charge on any atom is -0.496 e. The molecule has 0 bridgehead atoms. The van der Waals surface area contributed by atoms with Crippen LogP contribution in [-0.4, -0.2) is 50.6 Å². The predicted molar refractivity (Wildman–Crippen MR) is 74.6 cm³/mol. The molecule has 1 aromatic carbocycles. The van der Waals surface area contributed by atoms with Crippen LogP contribution in [0.4, 0.5) is 0 Å². The number of ether oxygens (including phenoxy) is 2. The zero-order valence-electron chi connectivity index (χ0n) is 11.1. The fraction of sp³-hybridized carbons (Fsp3) is 0.462. The number of hydrazine groups is 1. The van der Waals surface area contributed by atoms with Crippen LogP contribution in [0.5, 0.6) is 5.75 Å². The summed E-state index contributed by atoms with van der Waals surface area (Å²) in [6.45, 7) is 2.69. The molecule has 0 saturated carbocycles. The number of nitrogens with zero attached hydrogens (tertiary/aromatic N) is 1. The third-order valence-corrected chi connectivity index (χ3v) is 3.65. The van der Waals surface area contributed by atoms with Crippen LogP contribution in [0.25, 0.3) is 0 Å². The van der Waals surface area contributed by atoms with Crippen molar-refractivity contribution in [1.29, 1.82) is 0 Å². The van der Waals surface area contributed by atoms with Crippen molar-refractivity contribution in [3.8, 4) is 5.75 Å². The second-order valence-electron chi connectivity index (χ2n) is 4.11. The maximum Gasteiger partial charge on any atom is 0.269 e. The first-order chi connectivity index (χ1) is 9.24. The zero-order valence-corrected chi connectivity index (χ0v) is 12.0. The van der Waals surface area contributed by atoms with Crippen molar-refractivity contribution in [3.05, 3.63) is 23.8 Å². The lowest BCUT2D eigenvalue weighted by atomic mass is 10.2. The molecule has 19 heavy (non-hydrogen) atoms. The van der Waals surface area contributed by atoms with E-state index in [0.717, 1.165) is 4.90 Å². The van der Waals surface area contributed by atoms with Gasteiger partial charge in [-0.3, -0.25) is 10.2 Å².